The molecule has 0 atom stereocenters. The number of H-pyrrole nitrogens is 1. The maximum absolute atomic E-state index is 13.2. The van der Waals surface area contributed by atoms with Crippen LogP contribution in [-0.2, 0) is 19.9 Å². The molecule has 0 saturated carbocycles. The Morgan fingerprint density at radius 3 is 2.58 bits per heavy atom. The summed E-state index contributed by atoms with van der Waals surface area (Å²) in [6, 6.07) is 14.5. The summed E-state index contributed by atoms with van der Waals surface area (Å²) in [5, 5.41) is 4.29. The Labute approximate surface area is 182 Å². The molecule has 0 fully saturated rings. The molecule has 4 aromatic rings. The van der Waals surface area contributed by atoms with Crippen LogP contribution in [0.15, 0.2) is 61.1 Å². The highest BCUT2D eigenvalue weighted by atomic mass is 16.1. The van der Waals surface area contributed by atoms with Crippen LogP contribution < -0.4 is 0 Å². The fraction of sp³-hybridized carbons (Fsp3) is 0.269. The Morgan fingerprint density at radius 1 is 1.03 bits per heavy atom. The number of hydrogen-bond donors (Lipinski definition) is 1. The largest absolute Gasteiger partial charge is 0.358 e. The number of carbonyl (C=O) groups excluding carboxylic acids is 1. The third kappa shape index (κ3) is 3.61. The number of rotatable bonds is 4. The van der Waals surface area contributed by atoms with E-state index in [0.717, 1.165) is 45.8 Å². The SMILES string of the molecule is Cn1nccc1-c1cccc(Cc2c(-c3ccncc3)[nH]c3c2C(=O)CC(C)(C)C3)c1. The first-order valence-electron chi connectivity index (χ1n) is 10.7. The van der Waals surface area contributed by atoms with Crippen molar-refractivity contribution in [2.45, 2.75) is 33.1 Å². The standard InChI is InChI=1S/C26H26N4O/c1-26(2)15-21-24(23(31)16-26)20(25(29-21)18-7-10-27-11-8-18)14-17-5-4-6-19(13-17)22-9-12-28-30(22)3/h4-13,29H,14-16H2,1-3H3. The van der Waals surface area contributed by atoms with Crippen molar-refractivity contribution in [1.29, 1.82) is 0 Å². The van der Waals surface area contributed by atoms with Gasteiger partial charge in [0.15, 0.2) is 5.78 Å². The van der Waals surface area contributed by atoms with Gasteiger partial charge in [-0.15, -0.1) is 0 Å². The van der Waals surface area contributed by atoms with Crippen LogP contribution >= 0.6 is 0 Å². The summed E-state index contributed by atoms with van der Waals surface area (Å²) in [5.41, 5.74) is 8.48. The highest BCUT2D eigenvalue weighted by Gasteiger charge is 2.35. The Hall–Kier alpha value is -3.47. The number of aromatic amines is 1. The number of fused-ring (bicyclic) bond motifs is 1. The Bertz CT molecular complexity index is 1260. The normalized spacial score (nSPS) is 15.1. The van der Waals surface area contributed by atoms with Crippen molar-refractivity contribution < 1.29 is 4.79 Å². The summed E-state index contributed by atoms with van der Waals surface area (Å²) in [5.74, 6) is 0.237. The van der Waals surface area contributed by atoms with Gasteiger partial charge in [-0.05, 0) is 47.2 Å². The number of ketones is 1. The highest BCUT2D eigenvalue weighted by Crippen LogP contribution is 2.40. The molecular formula is C26H26N4O. The van der Waals surface area contributed by atoms with Crippen molar-refractivity contribution in [3.63, 3.8) is 0 Å². The summed E-state index contributed by atoms with van der Waals surface area (Å²) in [7, 11) is 1.95. The van der Waals surface area contributed by atoms with Crippen LogP contribution in [0.2, 0.25) is 0 Å². The summed E-state index contributed by atoms with van der Waals surface area (Å²) in [4.78, 5) is 21.0. The van der Waals surface area contributed by atoms with Gasteiger partial charge in [-0.2, -0.15) is 5.10 Å². The van der Waals surface area contributed by atoms with E-state index in [2.05, 4.69) is 53.2 Å². The molecule has 5 heteroatoms. The molecule has 0 amide bonds. The molecule has 0 spiro atoms. The molecule has 1 N–H and O–H groups in total. The van der Waals surface area contributed by atoms with Crippen molar-refractivity contribution in [1.82, 2.24) is 19.7 Å². The minimum atomic E-state index is -0.0266. The second-order valence-electron chi connectivity index (χ2n) is 9.23. The molecule has 156 valence electrons. The maximum atomic E-state index is 13.2. The predicted octanol–water partition coefficient (Wildman–Crippen LogP) is 5.22. The van der Waals surface area contributed by atoms with E-state index in [1.807, 2.05) is 36.1 Å². The molecule has 0 bridgehead atoms. The van der Waals surface area contributed by atoms with Crippen LogP contribution in [0.5, 0.6) is 0 Å². The van der Waals surface area contributed by atoms with E-state index >= 15 is 0 Å². The zero-order valence-corrected chi connectivity index (χ0v) is 18.1. The number of benzene rings is 1. The molecule has 0 radical (unpaired) electrons. The summed E-state index contributed by atoms with van der Waals surface area (Å²) in [6.45, 7) is 4.33. The quantitative estimate of drug-likeness (QED) is 0.501. The third-order valence-electron chi connectivity index (χ3n) is 6.15. The first kappa shape index (κ1) is 19.5. The zero-order valence-electron chi connectivity index (χ0n) is 18.1. The van der Waals surface area contributed by atoms with Crippen LogP contribution in [0.1, 0.15) is 47.4 Å². The monoisotopic (exact) mass is 410 g/mol. The van der Waals surface area contributed by atoms with Crippen molar-refractivity contribution in [3.8, 4) is 22.5 Å². The van der Waals surface area contributed by atoms with E-state index in [1.54, 1.807) is 12.4 Å². The van der Waals surface area contributed by atoms with Crippen molar-refractivity contribution in [2.75, 3.05) is 0 Å². The highest BCUT2D eigenvalue weighted by molar-refractivity contribution is 6.02. The van der Waals surface area contributed by atoms with Crippen LogP contribution in [0.25, 0.3) is 22.5 Å². The second kappa shape index (κ2) is 7.34. The third-order valence-corrected chi connectivity index (χ3v) is 6.15. The first-order chi connectivity index (χ1) is 14.9. The molecule has 0 unspecified atom stereocenters. The molecule has 3 heterocycles. The van der Waals surface area contributed by atoms with Gasteiger partial charge in [0.2, 0.25) is 0 Å². The van der Waals surface area contributed by atoms with E-state index in [1.165, 1.54) is 5.56 Å². The van der Waals surface area contributed by atoms with Gasteiger partial charge in [-0.3, -0.25) is 14.5 Å². The molecule has 1 aromatic carbocycles. The number of Topliss-reactive ketones (excluding diaryl/α,β-unsaturated/α-hetero) is 1. The summed E-state index contributed by atoms with van der Waals surface area (Å²) < 4.78 is 1.88. The summed E-state index contributed by atoms with van der Waals surface area (Å²) >= 11 is 0. The van der Waals surface area contributed by atoms with Crippen molar-refractivity contribution >= 4 is 5.78 Å². The van der Waals surface area contributed by atoms with E-state index in [9.17, 15) is 4.79 Å². The van der Waals surface area contributed by atoms with Crippen LogP contribution in [0, 0.1) is 5.41 Å². The van der Waals surface area contributed by atoms with Gasteiger partial charge in [0.25, 0.3) is 0 Å². The lowest BCUT2D eigenvalue weighted by molar-refractivity contribution is 0.0911. The van der Waals surface area contributed by atoms with Gasteiger partial charge in [0, 0.05) is 60.9 Å². The van der Waals surface area contributed by atoms with E-state index in [4.69, 9.17) is 0 Å². The fourth-order valence-corrected chi connectivity index (χ4v) is 4.77. The second-order valence-corrected chi connectivity index (χ2v) is 9.23. The van der Waals surface area contributed by atoms with Gasteiger partial charge in [0.05, 0.1) is 11.4 Å². The number of carbonyl (C=O) groups is 1. The van der Waals surface area contributed by atoms with Gasteiger partial charge in [-0.1, -0.05) is 32.0 Å². The lowest BCUT2D eigenvalue weighted by Gasteiger charge is -2.28. The predicted molar refractivity (Wildman–Crippen MR) is 122 cm³/mol. The molecule has 1 aliphatic rings. The summed E-state index contributed by atoms with van der Waals surface area (Å²) in [6.07, 6.45) is 7.56. The minimum absolute atomic E-state index is 0.0266. The maximum Gasteiger partial charge on any atom is 0.165 e. The molecule has 5 nitrogen and oxygen atoms in total. The van der Waals surface area contributed by atoms with Crippen LogP contribution in [0.3, 0.4) is 0 Å². The molecule has 5 rings (SSSR count). The molecular weight excluding hydrogens is 384 g/mol. The smallest absolute Gasteiger partial charge is 0.165 e. The lowest BCUT2D eigenvalue weighted by atomic mass is 9.75. The number of pyridine rings is 1. The average molecular weight is 411 g/mol. The number of aryl methyl sites for hydroxylation is 1. The Kier molecular flexibility index (Phi) is 4.62. The zero-order chi connectivity index (χ0) is 21.6. The topological polar surface area (TPSA) is 63.6 Å². The lowest BCUT2D eigenvalue weighted by Crippen LogP contribution is -2.27. The molecule has 0 saturated heterocycles. The van der Waals surface area contributed by atoms with Gasteiger partial charge >= 0.3 is 0 Å². The molecule has 3 aromatic heterocycles. The minimum Gasteiger partial charge on any atom is -0.358 e. The van der Waals surface area contributed by atoms with Crippen LogP contribution in [-0.4, -0.2) is 25.5 Å². The van der Waals surface area contributed by atoms with Crippen molar-refractivity contribution in [3.05, 3.63) is 83.4 Å². The fourth-order valence-electron chi connectivity index (χ4n) is 4.77. The molecule has 0 aliphatic heterocycles. The van der Waals surface area contributed by atoms with Gasteiger partial charge in [-0.25, -0.2) is 0 Å². The molecule has 1 aliphatic carbocycles. The number of aromatic nitrogens is 4. The first-order valence-corrected chi connectivity index (χ1v) is 10.7. The van der Waals surface area contributed by atoms with E-state index < -0.39 is 0 Å². The van der Waals surface area contributed by atoms with Crippen LogP contribution in [0.4, 0.5) is 0 Å². The van der Waals surface area contributed by atoms with Gasteiger partial charge in [0.1, 0.15) is 0 Å². The average Bonchev–Trinajstić information content (AvgIpc) is 3.31. The van der Waals surface area contributed by atoms with Gasteiger partial charge < -0.3 is 4.98 Å². The Balaban J connectivity index is 1.62. The molecule has 31 heavy (non-hydrogen) atoms. The number of nitrogens with one attached hydrogen (secondary N) is 1. The number of nitrogens with zero attached hydrogens (tertiary/aromatic N) is 3. The Morgan fingerprint density at radius 2 is 1.84 bits per heavy atom. The number of hydrogen-bond acceptors (Lipinski definition) is 3. The van der Waals surface area contributed by atoms with E-state index in [-0.39, 0.29) is 11.2 Å². The van der Waals surface area contributed by atoms with Crippen molar-refractivity contribution in [2.24, 2.45) is 12.5 Å². The van der Waals surface area contributed by atoms with E-state index in [0.29, 0.717) is 12.8 Å².